The molecule has 2 aromatic rings. The minimum absolute atomic E-state index is 0. The van der Waals surface area contributed by atoms with E-state index in [1.165, 1.54) is 67.3 Å². The monoisotopic (exact) mass is 332 g/mol. The van der Waals surface area contributed by atoms with Crippen molar-refractivity contribution in [2.75, 3.05) is 0 Å². The fraction of sp³-hybridized carbons (Fsp3) is 0.550. The summed E-state index contributed by atoms with van der Waals surface area (Å²) in [5.41, 5.74) is 5.41. The molecule has 1 aliphatic carbocycles. The number of imidazole rings is 1. The van der Waals surface area contributed by atoms with Crippen LogP contribution in [0.5, 0.6) is 0 Å². The second-order valence-electron chi connectivity index (χ2n) is 7.01. The van der Waals surface area contributed by atoms with Crippen LogP contribution in [0.25, 0.3) is 5.69 Å². The van der Waals surface area contributed by atoms with Crippen molar-refractivity contribution < 1.29 is 17.0 Å². The average molecular weight is 333 g/mol. The topological polar surface area (TPSA) is 8.81 Å². The summed E-state index contributed by atoms with van der Waals surface area (Å²) in [7, 11) is 0. The largest absolute Gasteiger partial charge is 1.00 e. The summed E-state index contributed by atoms with van der Waals surface area (Å²) >= 11 is 0. The number of rotatable bonds is 2. The Morgan fingerprint density at radius 2 is 1.48 bits per heavy atom. The highest BCUT2D eigenvalue weighted by atomic mass is 35.5. The molecule has 1 saturated carbocycles. The lowest BCUT2D eigenvalue weighted by Gasteiger charge is -2.16. The Morgan fingerprint density at radius 3 is 2.09 bits per heavy atom. The van der Waals surface area contributed by atoms with E-state index >= 15 is 0 Å². The van der Waals surface area contributed by atoms with E-state index in [0.717, 1.165) is 0 Å². The van der Waals surface area contributed by atoms with Crippen LogP contribution in [-0.2, 0) is 0 Å². The summed E-state index contributed by atoms with van der Waals surface area (Å²) in [6, 6.07) is 5.25. The lowest BCUT2D eigenvalue weighted by atomic mass is 9.97. The SMILES string of the molecule is Cc1cc(C)c(-n2cc[n+](C3CCCCCCC3)c2)c(C)c1.[Cl-]. The first-order chi connectivity index (χ1) is 10.6. The zero-order valence-corrected chi connectivity index (χ0v) is 15.4. The van der Waals surface area contributed by atoms with Gasteiger partial charge in [0.1, 0.15) is 24.1 Å². The molecule has 0 spiro atoms. The maximum Gasteiger partial charge on any atom is 0.249 e. The molecule has 0 saturated heterocycles. The molecule has 0 N–H and O–H groups in total. The second-order valence-corrected chi connectivity index (χ2v) is 7.01. The number of aryl methyl sites for hydroxylation is 3. The van der Waals surface area contributed by atoms with Crippen LogP contribution >= 0.6 is 0 Å². The van der Waals surface area contributed by atoms with Crippen molar-refractivity contribution in [2.24, 2.45) is 0 Å². The molecule has 1 aliphatic rings. The summed E-state index contributed by atoms with van der Waals surface area (Å²) in [6.45, 7) is 6.61. The van der Waals surface area contributed by atoms with Crippen molar-refractivity contribution in [3.8, 4) is 5.69 Å². The van der Waals surface area contributed by atoms with Crippen molar-refractivity contribution in [2.45, 2.75) is 71.8 Å². The van der Waals surface area contributed by atoms with Crippen LogP contribution in [0.3, 0.4) is 0 Å². The van der Waals surface area contributed by atoms with Gasteiger partial charge in [0.2, 0.25) is 6.33 Å². The summed E-state index contributed by atoms with van der Waals surface area (Å²) in [6.07, 6.45) is 16.5. The zero-order chi connectivity index (χ0) is 15.5. The predicted octanol–water partition coefficient (Wildman–Crippen LogP) is 1.98. The summed E-state index contributed by atoms with van der Waals surface area (Å²) < 4.78 is 4.76. The van der Waals surface area contributed by atoms with Crippen molar-refractivity contribution in [1.82, 2.24) is 4.57 Å². The fourth-order valence-electron chi connectivity index (χ4n) is 4.03. The number of nitrogens with zero attached hydrogens (tertiary/aromatic N) is 2. The van der Waals surface area contributed by atoms with Crippen LogP contribution in [0.1, 0.15) is 67.7 Å². The number of aromatic nitrogens is 2. The normalized spacial score (nSPS) is 16.5. The van der Waals surface area contributed by atoms with Gasteiger partial charge in [0.05, 0.1) is 0 Å². The van der Waals surface area contributed by atoms with Crippen molar-refractivity contribution in [1.29, 1.82) is 0 Å². The molecule has 0 bridgehead atoms. The average Bonchev–Trinajstić information content (AvgIpc) is 2.86. The van der Waals surface area contributed by atoms with Crippen LogP contribution in [0, 0.1) is 20.8 Å². The third-order valence-electron chi connectivity index (χ3n) is 5.05. The first-order valence-corrected chi connectivity index (χ1v) is 8.82. The van der Waals surface area contributed by atoms with Gasteiger partial charge in [0, 0.05) is 0 Å². The van der Waals surface area contributed by atoms with Gasteiger partial charge in [-0.3, -0.25) is 0 Å². The molecule has 0 unspecified atom stereocenters. The van der Waals surface area contributed by atoms with Crippen LogP contribution in [0.2, 0.25) is 0 Å². The molecule has 1 fully saturated rings. The molecule has 0 aliphatic heterocycles. The Hall–Kier alpha value is -1.28. The lowest BCUT2D eigenvalue weighted by Crippen LogP contribution is -3.00. The Labute approximate surface area is 146 Å². The zero-order valence-electron chi connectivity index (χ0n) is 14.7. The van der Waals surface area contributed by atoms with Gasteiger partial charge in [0.25, 0.3) is 0 Å². The standard InChI is InChI=1S/C20H29N2.ClH/c1-16-13-17(2)20(18(3)14-16)22-12-11-21(15-22)19-9-7-5-4-6-8-10-19;/h11-15,19H,4-10H2,1-3H3;1H/q+1;/p-1. The number of benzene rings is 1. The molecule has 1 aromatic heterocycles. The maximum atomic E-state index is 2.45. The first-order valence-electron chi connectivity index (χ1n) is 8.82. The summed E-state index contributed by atoms with van der Waals surface area (Å²) in [4.78, 5) is 0. The molecule has 1 heterocycles. The van der Waals surface area contributed by atoms with E-state index in [2.05, 4.69) is 60.8 Å². The molecule has 126 valence electrons. The van der Waals surface area contributed by atoms with Gasteiger partial charge in [-0.2, -0.15) is 0 Å². The molecule has 0 amide bonds. The number of hydrogen-bond acceptors (Lipinski definition) is 0. The van der Waals surface area contributed by atoms with Gasteiger partial charge >= 0.3 is 0 Å². The molecule has 1 aromatic carbocycles. The van der Waals surface area contributed by atoms with Gasteiger partial charge < -0.3 is 12.4 Å². The Kier molecular flexibility index (Phi) is 6.29. The maximum absolute atomic E-state index is 2.45. The fourth-order valence-corrected chi connectivity index (χ4v) is 4.03. The molecule has 3 rings (SSSR count). The quantitative estimate of drug-likeness (QED) is 0.744. The highest BCUT2D eigenvalue weighted by molar-refractivity contribution is 5.48. The molecule has 0 atom stereocenters. The van der Waals surface area contributed by atoms with E-state index in [1.54, 1.807) is 0 Å². The smallest absolute Gasteiger partial charge is 0.249 e. The minimum Gasteiger partial charge on any atom is -1.00 e. The third-order valence-corrected chi connectivity index (χ3v) is 5.05. The molecule has 2 nitrogen and oxygen atoms in total. The molecule has 3 heteroatoms. The molecular formula is C20H29ClN2. The van der Waals surface area contributed by atoms with Gasteiger partial charge in [-0.1, -0.05) is 37.0 Å². The van der Waals surface area contributed by atoms with Gasteiger partial charge in [-0.05, 0) is 57.6 Å². The van der Waals surface area contributed by atoms with Gasteiger partial charge in [-0.25, -0.2) is 9.13 Å². The van der Waals surface area contributed by atoms with Crippen LogP contribution < -0.4 is 17.0 Å². The van der Waals surface area contributed by atoms with E-state index < -0.39 is 0 Å². The summed E-state index contributed by atoms with van der Waals surface area (Å²) in [5, 5.41) is 0. The van der Waals surface area contributed by atoms with E-state index in [-0.39, 0.29) is 12.4 Å². The second kappa shape index (κ2) is 8.01. The first kappa shape index (κ1) is 18.1. The Bertz CT molecular complexity index is 614. The Morgan fingerprint density at radius 1 is 0.913 bits per heavy atom. The number of hydrogen-bond donors (Lipinski definition) is 0. The molecule has 0 radical (unpaired) electrons. The van der Waals surface area contributed by atoms with Crippen molar-refractivity contribution in [3.63, 3.8) is 0 Å². The predicted molar refractivity (Wildman–Crippen MR) is 91.5 cm³/mol. The summed E-state index contributed by atoms with van der Waals surface area (Å²) in [5.74, 6) is 0. The minimum atomic E-state index is 0. The van der Waals surface area contributed by atoms with Crippen LogP contribution in [0.4, 0.5) is 0 Å². The molecule has 23 heavy (non-hydrogen) atoms. The van der Waals surface area contributed by atoms with E-state index in [0.29, 0.717) is 6.04 Å². The van der Waals surface area contributed by atoms with Gasteiger partial charge in [-0.15, -0.1) is 0 Å². The third kappa shape index (κ3) is 4.17. The van der Waals surface area contributed by atoms with E-state index in [9.17, 15) is 0 Å². The van der Waals surface area contributed by atoms with E-state index in [1.807, 2.05) is 0 Å². The highest BCUT2D eigenvalue weighted by Crippen LogP contribution is 2.24. The van der Waals surface area contributed by atoms with Crippen molar-refractivity contribution >= 4 is 0 Å². The molecular weight excluding hydrogens is 304 g/mol. The van der Waals surface area contributed by atoms with Crippen LogP contribution in [0.15, 0.2) is 30.9 Å². The van der Waals surface area contributed by atoms with E-state index in [4.69, 9.17) is 0 Å². The highest BCUT2D eigenvalue weighted by Gasteiger charge is 2.20. The van der Waals surface area contributed by atoms with Gasteiger partial charge in [0.15, 0.2) is 0 Å². The van der Waals surface area contributed by atoms with Crippen LogP contribution in [-0.4, -0.2) is 4.57 Å². The lowest BCUT2D eigenvalue weighted by molar-refractivity contribution is -0.724. The number of halogens is 1. The van der Waals surface area contributed by atoms with Crippen molar-refractivity contribution in [3.05, 3.63) is 47.5 Å². The Balaban J connectivity index is 0.00000192.